The third-order valence-corrected chi connectivity index (χ3v) is 12.7. The predicted octanol–water partition coefficient (Wildman–Crippen LogP) is -2.13. The van der Waals surface area contributed by atoms with Crippen LogP contribution >= 0.6 is 0 Å². The predicted molar refractivity (Wildman–Crippen MR) is 264 cm³/mol. The van der Waals surface area contributed by atoms with Crippen LogP contribution in [0.2, 0.25) is 0 Å². The quantitative estimate of drug-likeness (QED) is 0.0160. The monoisotopic (exact) mass is 1050 g/mol. The number of hydrogen-bond donors (Lipinski definition) is 12. The first-order valence-corrected chi connectivity index (χ1v) is 24.5. The molecule has 0 heterocycles. The van der Waals surface area contributed by atoms with Crippen LogP contribution in [0.15, 0.2) is 83.9 Å². The van der Waals surface area contributed by atoms with Crippen molar-refractivity contribution in [2.75, 3.05) is 6.54 Å². The summed E-state index contributed by atoms with van der Waals surface area (Å²) < 4.78 is 0.526. The number of benzene rings is 3. The Morgan fingerprint density at radius 3 is 1.49 bits per heavy atom. The van der Waals surface area contributed by atoms with E-state index in [2.05, 4.69) is 42.2 Å². The molecule has 0 fully saturated rings. The third kappa shape index (κ3) is 21.3. The van der Waals surface area contributed by atoms with Crippen LogP contribution in [0.1, 0.15) is 71.4 Å². The number of amides is 8. The zero-order valence-corrected chi connectivity index (χ0v) is 41.9. The number of aromatic hydroxyl groups is 2. The summed E-state index contributed by atoms with van der Waals surface area (Å²) in [5.74, 6) is -6.95. The number of carbonyl (C=O) groups is 9. The first-order chi connectivity index (χ1) is 33.5. The zero-order valence-electron chi connectivity index (χ0n) is 40.2. The normalized spacial score (nSPS) is 13.8. The van der Waals surface area contributed by atoms with Crippen LogP contribution in [0.4, 0.5) is 0 Å². The molecule has 0 radical (unpaired) electrons. The molecule has 7 atom stereocenters. The Labute approximate surface area is 418 Å². The number of nitrogens with one attached hydrogen (secondary N) is 7. The van der Waals surface area contributed by atoms with Crippen LogP contribution in [0.25, 0.3) is 0 Å². The van der Waals surface area contributed by atoms with Gasteiger partial charge in [-0.2, -0.15) is 0 Å². The van der Waals surface area contributed by atoms with Gasteiger partial charge >= 0.3 is 221 Å². The zero-order chi connectivity index (χ0) is 52.8. The number of hydrogen-bond acceptors (Lipinski definition) is 12. The summed E-state index contributed by atoms with van der Waals surface area (Å²) >= 11 is -0.646. The Kier molecular flexibility index (Phi) is 23.5. The molecule has 15 N–H and O–H groups in total. The van der Waals surface area contributed by atoms with E-state index < -0.39 is 111 Å². The summed E-state index contributed by atoms with van der Waals surface area (Å²) in [6.45, 7) is 7.76. The van der Waals surface area contributed by atoms with E-state index in [1.807, 2.05) is 13.8 Å². The Balaban J connectivity index is 1.84. The maximum absolute atomic E-state index is 14.1. The molecular formula is C48H65N11O11Se. The Morgan fingerprint density at radius 2 is 1.00 bits per heavy atom. The van der Waals surface area contributed by atoms with Crippen molar-refractivity contribution in [2.45, 2.75) is 115 Å². The second kappa shape index (κ2) is 28.8. The van der Waals surface area contributed by atoms with E-state index in [9.17, 15) is 53.4 Å². The van der Waals surface area contributed by atoms with Crippen LogP contribution in [-0.2, 0) is 56.0 Å². The molecule has 0 bridgehead atoms. The van der Waals surface area contributed by atoms with Gasteiger partial charge in [0.15, 0.2) is 5.96 Å². The number of phenolic OH excluding ortho intramolecular Hbond substituents is 2. The molecule has 3 rings (SSSR count). The van der Waals surface area contributed by atoms with Crippen molar-refractivity contribution in [1.82, 2.24) is 37.2 Å². The average molecular weight is 1050 g/mol. The second-order valence-electron chi connectivity index (χ2n) is 17.2. The summed E-state index contributed by atoms with van der Waals surface area (Å²) in [5.41, 5.74) is 17.5. The molecule has 23 heteroatoms. The van der Waals surface area contributed by atoms with Crippen LogP contribution in [0, 0.1) is 5.92 Å². The van der Waals surface area contributed by atoms with Gasteiger partial charge in [-0.05, 0) is 42.9 Å². The standard InChI is InChI=1S/C48H65N11O11Se/c1-26(2)22-36(55-29(5)60)44(67)59-38(24-31-15-19-33(62)20-16-31)45(68)56-35(12-9-21-52-48(50)51)42(65)53-27(3)41(64)57-39(25-40(49)63)46(69)58-37(23-30-13-17-32(61)18-14-30)43(66)54-28(4)47(70)71-34-10-7-6-8-11-34/h6-8,10-11,13-20,26-28,35-39,61-62H,9,12,21-25H2,1-5H3,(H2,49,63)(H,53,65)(H,54,66)(H,55,60)(H,56,68)(H,57,64)(H,58,69)(H,59,67)(H4,50,51,52)/t27-,28?,35-,36-,37-,38-,39-/m0/s1. The van der Waals surface area contributed by atoms with Crippen molar-refractivity contribution in [3.05, 3.63) is 90.0 Å². The Morgan fingerprint density at radius 1 is 0.549 bits per heavy atom. The molecule has 0 spiro atoms. The minimum atomic E-state index is -1.67. The summed E-state index contributed by atoms with van der Waals surface area (Å²) in [4.78, 5) is 124. The molecule has 0 aliphatic heterocycles. The van der Waals surface area contributed by atoms with Crippen LogP contribution in [0.5, 0.6) is 11.5 Å². The van der Waals surface area contributed by atoms with Gasteiger partial charge < -0.3 is 32.5 Å². The van der Waals surface area contributed by atoms with Crippen molar-refractivity contribution < 1.29 is 53.4 Å². The van der Waals surface area contributed by atoms with Gasteiger partial charge in [0.05, 0.1) is 0 Å². The molecule has 0 saturated carbocycles. The summed E-state index contributed by atoms with van der Waals surface area (Å²) in [6, 6.07) is 11.4. The minimum absolute atomic E-state index is 0.0297. The second-order valence-corrected chi connectivity index (χ2v) is 19.4. The van der Waals surface area contributed by atoms with E-state index in [1.54, 1.807) is 30.3 Å². The van der Waals surface area contributed by atoms with Crippen molar-refractivity contribution in [3.8, 4) is 11.5 Å². The number of primary amides is 1. The van der Waals surface area contributed by atoms with E-state index in [1.165, 1.54) is 69.3 Å². The molecule has 3 aromatic rings. The van der Waals surface area contributed by atoms with Crippen molar-refractivity contribution >= 4 is 77.3 Å². The molecule has 22 nitrogen and oxygen atoms in total. The van der Waals surface area contributed by atoms with E-state index >= 15 is 0 Å². The number of phenols is 2. The van der Waals surface area contributed by atoms with Gasteiger partial charge in [-0.25, -0.2) is 0 Å². The van der Waals surface area contributed by atoms with Crippen LogP contribution in [0.3, 0.4) is 0 Å². The molecule has 0 saturated heterocycles. The number of nitrogens with two attached hydrogens (primary N) is 3. The van der Waals surface area contributed by atoms with Crippen LogP contribution in [-0.4, -0.2) is 132 Å². The SMILES string of the molecule is CC(=O)N[C@@H](CC(C)C)C(=O)N[C@@H](Cc1ccc(O)cc1)C(=O)N[C@@H](CCCN=C(N)N)C(=O)N[C@@H](C)C(=O)N[C@@H](CC(N)=O)C(=O)N[C@@H](Cc1ccc(O)cc1)C(=O)NC(C)C(=O)[Se]c1ccccc1. The van der Waals surface area contributed by atoms with Gasteiger partial charge in [0.1, 0.15) is 23.9 Å². The number of carbonyl (C=O) groups excluding carboxylic acids is 9. The van der Waals surface area contributed by atoms with Gasteiger partial charge in [0.25, 0.3) is 0 Å². The van der Waals surface area contributed by atoms with Crippen LogP contribution < -0.4 is 58.9 Å². The van der Waals surface area contributed by atoms with Gasteiger partial charge in [-0.15, -0.1) is 0 Å². The summed E-state index contributed by atoms with van der Waals surface area (Å²) in [7, 11) is 0. The van der Waals surface area contributed by atoms with Crippen molar-refractivity contribution in [2.24, 2.45) is 28.1 Å². The van der Waals surface area contributed by atoms with Gasteiger partial charge in [0, 0.05) is 19.9 Å². The molecule has 0 aliphatic rings. The fourth-order valence-electron chi connectivity index (χ4n) is 6.84. The number of guanidine groups is 1. The molecule has 71 heavy (non-hydrogen) atoms. The van der Waals surface area contributed by atoms with E-state index in [4.69, 9.17) is 17.2 Å². The fourth-order valence-corrected chi connectivity index (χ4v) is 8.44. The van der Waals surface area contributed by atoms with Gasteiger partial charge in [0.2, 0.25) is 23.6 Å². The number of rotatable bonds is 28. The molecule has 0 aromatic heterocycles. The Hall–Kier alpha value is -7.52. The first kappa shape index (κ1) is 57.8. The van der Waals surface area contributed by atoms with E-state index in [0.717, 1.165) is 4.46 Å². The summed E-state index contributed by atoms with van der Waals surface area (Å²) in [5, 5.41) is 37.7. The third-order valence-electron chi connectivity index (χ3n) is 10.5. The fraction of sp³-hybridized carbons (Fsp3) is 0.417. The molecule has 0 aliphatic carbocycles. The van der Waals surface area contributed by atoms with Gasteiger partial charge in [-0.1, -0.05) is 26.0 Å². The average Bonchev–Trinajstić information content (AvgIpc) is 3.29. The molecule has 1 unspecified atom stereocenters. The Bertz CT molecular complexity index is 2350. The van der Waals surface area contributed by atoms with E-state index in [0.29, 0.717) is 11.1 Å². The van der Waals surface area contributed by atoms with Crippen molar-refractivity contribution in [1.29, 1.82) is 0 Å². The maximum atomic E-state index is 14.1. The number of nitrogens with zero attached hydrogens (tertiary/aromatic N) is 1. The molecule has 384 valence electrons. The van der Waals surface area contributed by atoms with Crippen molar-refractivity contribution in [3.63, 3.8) is 0 Å². The molecule has 8 amide bonds. The molecular weight excluding hydrogens is 986 g/mol. The van der Waals surface area contributed by atoms with Gasteiger partial charge in [-0.3, -0.25) is 24.2 Å². The topological polar surface area (TPSA) is 369 Å². The van der Waals surface area contributed by atoms with E-state index in [-0.39, 0.29) is 66.7 Å². The first-order valence-electron chi connectivity index (χ1n) is 22.8. The molecule has 3 aromatic carbocycles. The number of aliphatic imine (C=N–C) groups is 1. The summed E-state index contributed by atoms with van der Waals surface area (Å²) in [6.07, 6.45) is -0.692.